The number of nitrogens with one attached hydrogen (secondary N) is 1. The summed E-state index contributed by atoms with van der Waals surface area (Å²) in [7, 11) is 0. The molecule has 0 aliphatic rings. The van der Waals surface area contributed by atoms with Gasteiger partial charge in [0.1, 0.15) is 0 Å². The van der Waals surface area contributed by atoms with Gasteiger partial charge in [-0.15, -0.1) is 0 Å². The third-order valence-electron chi connectivity index (χ3n) is 2.64. The SMILES string of the molecule is CCCCN=NNc1cccc2ccccc12. The van der Waals surface area contributed by atoms with Crippen LogP contribution >= 0.6 is 0 Å². The van der Waals surface area contributed by atoms with Crippen LogP contribution in [0.1, 0.15) is 19.8 Å². The monoisotopic (exact) mass is 227 g/mol. The fourth-order valence-electron chi connectivity index (χ4n) is 1.69. The second-order valence-corrected chi connectivity index (χ2v) is 3.96. The van der Waals surface area contributed by atoms with Crippen LogP contribution < -0.4 is 5.43 Å². The molecular weight excluding hydrogens is 210 g/mol. The number of nitrogens with zero attached hydrogens (tertiary/aromatic N) is 2. The van der Waals surface area contributed by atoms with Gasteiger partial charge in [-0.3, -0.25) is 5.43 Å². The summed E-state index contributed by atoms with van der Waals surface area (Å²) in [5.74, 6) is 0. The molecule has 0 saturated carbocycles. The molecule has 0 unspecified atom stereocenters. The molecular formula is C14H17N3. The number of rotatable bonds is 5. The summed E-state index contributed by atoms with van der Waals surface area (Å²) in [4.78, 5) is 0. The summed E-state index contributed by atoms with van der Waals surface area (Å²) in [5.41, 5.74) is 4.01. The third kappa shape index (κ3) is 3.03. The van der Waals surface area contributed by atoms with E-state index in [1.807, 2.05) is 24.3 Å². The molecule has 17 heavy (non-hydrogen) atoms. The van der Waals surface area contributed by atoms with E-state index in [0.29, 0.717) is 0 Å². The average molecular weight is 227 g/mol. The van der Waals surface area contributed by atoms with Crippen LogP contribution in [-0.2, 0) is 0 Å². The summed E-state index contributed by atoms with van der Waals surface area (Å²) in [6.45, 7) is 2.93. The zero-order valence-corrected chi connectivity index (χ0v) is 10.1. The van der Waals surface area contributed by atoms with Gasteiger partial charge in [-0.2, -0.15) is 5.11 Å². The van der Waals surface area contributed by atoms with Crippen LogP contribution in [-0.4, -0.2) is 6.54 Å². The Morgan fingerprint density at radius 2 is 1.88 bits per heavy atom. The van der Waals surface area contributed by atoms with Gasteiger partial charge >= 0.3 is 0 Å². The molecule has 3 nitrogen and oxygen atoms in total. The molecule has 3 heteroatoms. The van der Waals surface area contributed by atoms with Crippen molar-refractivity contribution in [2.45, 2.75) is 19.8 Å². The Hall–Kier alpha value is -1.90. The molecule has 0 fully saturated rings. The van der Waals surface area contributed by atoms with Crippen LogP contribution in [0.15, 0.2) is 52.8 Å². The van der Waals surface area contributed by atoms with Crippen molar-refractivity contribution < 1.29 is 0 Å². The highest BCUT2D eigenvalue weighted by molar-refractivity contribution is 5.93. The maximum absolute atomic E-state index is 4.08. The Morgan fingerprint density at radius 1 is 1.06 bits per heavy atom. The lowest BCUT2D eigenvalue weighted by molar-refractivity contribution is 0.772. The van der Waals surface area contributed by atoms with Gasteiger partial charge < -0.3 is 0 Å². The Balaban J connectivity index is 2.10. The highest BCUT2D eigenvalue weighted by Crippen LogP contribution is 2.22. The number of unbranched alkanes of at least 4 members (excludes halogenated alkanes) is 1. The van der Waals surface area contributed by atoms with Crippen LogP contribution in [0, 0.1) is 0 Å². The summed E-state index contributed by atoms with van der Waals surface area (Å²) >= 11 is 0. The van der Waals surface area contributed by atoms with Crippen LogP contribution in [0.5, 0.6) is 0 Å². The van der Waals surface area contributed by atoms with Gasteiger partial charge in [0, 0.05) is 5.39 Å². The summed E-state index contributed by atoms with van der Waals surface area (Å²) in [5, 5.41) is 10.5. The first kappa shape index (κ1) is 11.6. The van der Waals surface area contributed by atoms with E-state index in [9.17, 15) is 0 Å². The number of hydrogen-bond acceptors (Lipinski definition) is 2. The molecule has 0 atom stereocenters. The number of benzene rings is 2. The minimum absolute atomic E-state index is 0.786. The molecule has 0 radical (unpaired) electrons. The summed E-state index contributed by atoms with van der Waals surface area (Å²) in [6.07, 6.45) is 2.23. The van der Waals surface area contributed by atoms with Crippen LogP contribution in [0.3, 0.4) is 0 Å². The molecule has 0 bridgehead atoms. The van der Waals surface area contributed by atoms with Crippen molar-refractivity contribution >= 4 is 16.5 Å². The molecule has 1 N–H and O–H groups in total. The minimum Gasteiger partial charge on any atom is -0.260 e. The number of fused-ring (bicyclic) bond motifs is 1. The number of anilines is 1. The van der Waals surface area contributed by atoms with Crippen LogP contribution in [0.4, 0.5) is 5.69 Å². The normalized spacial score (nSPS) is 11.1. The summed E-state index contributed by atoms with van der Waals surface area (Å²) in [6, 6.07) is 14.4. The van der Waals surface area contributed by atoms with E-state index in [1.165, 1.54) is 10.8 Å². The van der Waals surface area contributed by atoms with E-state index in [2.05, 4.69) is 40.9 Å². The fraction of sp³-hybridized carbons (Fsp3) is 0.286. The lowest BCUT2D eigenvalue weighted by Crippen LogP contribution is -1.89. The van der Waals surface area contributed by atoms with Gasteiger partial charge in [0.25, 0.3) is 0 Å². The molecule has 0 amide bonds. The molecule has 2 aromatic rings. The lowest BCUT2D eigenvalue weighted by atomic mass is 10.1. The van der Waals surface area contributed by atoms with Crippen LogP contribution in [0.25, 0.3) is 10.8 Å². The van der Waals surface area contributed by atoms with Crippen molar-refractivity contribution in [3.8, 4) is 0 Å². The maximum atomic E-state index is 4.08. The quantitative estimate of drug-likeness (QED) is 0.458. The molecule has 0 spiro atoms. The predicted octanol–water partition coefficient (Wildman–Crippen LogP) is 4.42. The Kier molecular flexibility index (Phi) is 4.08. The second kappa shape index (κ2) is 5.99. The molecule has 0 heterocycles. The van der Waals surface area contributed by atoms with Crippen molar-refractivity contribution in [2.24, 2.45) is 10.3 Å². The lowest BCUT2D eigenvalue weighted by Gasteiger charge is -2.04. The first-order valence-corrected chi connectivity index (χ1v) is 6.02. The summed E-state index contributed by atoms with van der Waals surface area (Å²) < 4.78 is 0. The zero-order valence-electron chi connectivity index (χ0n) is 10.1. The number of hydrogen-bond donors (Lipinski definition) is 1. The molecule has 0 aliphatic carbocycles. The largest absolute Gasteiger partial charge is 0.260 e. The molecule has 2 aromatic carbocycles. The predicted molar refractivity (Wildman–Crippen MR) is 72.2 cm³/mol. The van der Waals surface area contributed by atoms with Crippen LogP contribution in [0.2, 0.25) is 0 Å². The van der Waals surface area contributed by atoms with Crippen molar-refractivity contribution in [1.82, 2.24) is 0 Å². The van der Waals surface area contributed by atoms with Gasteiger partial charge in [0.05, 0.1) is 12.2 Å². The first-order valence-electron chi connectivity index (χ1n) is 6.02. The second-order valence-electron chi connectivity index (χ2n) is 3.96. The standard InChI is InChI=1S/C14H17N3/c1-2-3-11-15-17-16-14-10-6-8-12-7-4-5-9-13(12)14/h4-10H,2-3,11H2,1H3,(H,15,16). The highest BCUT2D eigenvalue weighted by atomic mass is 15.4. The van der Waals surface area contributed by atoms with Gasteiger partial charge in [-0.05, 0) is 17.9 Å². The Labute approximate surface area is 102 Å². The molecule has 2 rings (SSSR count). The van der Waals surface area contributed by atoms with E-state index in [0.717, 1.165) is 25.1 Å². The average Bonchev–Trinajstić information content (AvgIpc) is 2.39. The van der Waals surface area contributed by atoms with Gasteiger partial charge in [0.2, 0.25) is 0 Å². The molecule has 88 valence electrons. The fourth-order valence-corrected chi connectivity index (χ4v) is 1.69. The Morgan fingerprint density at radius 3 is 2.76 bits per heavy atom. The molecule has 0 aliphatic heterocycles. The van der Waals surface area contributed by atoms with E-state index in [-0.39, 0.29) is 0 Å². The van der Waals surface area contributed by atoms with E-state index in [1.54, 1.807) is 0 Å². The molecule has 0 aromatic heterocycles. The first-order chi connectivity index (χ1) is 8.42. The van der Waals surface area contributed by atoms with E-state index in [4.69, 9.17) is 0 Å². The van der Waals surface area contributed by atoms with Gasteiger partial charge in [0.15, 0.2) is 0 Å². The highest BCUT2D eigenvalue weighted by Gasteiger charge is 1.97. The van der Waals surface area contributed by atoms with Crippen molar-refractivity contribution in [2.75, 3.05) is 12.0 Å². The van der Waals surface area contributed by atoms with Gasteiger partial charge in [-0.1, -0.05) is 55.0 Å². The van der Waals surface area contributed by atoms with E-state index >= 15 is 0 Å². The van der Waals surface area contributed by atoms with Crippen molar-refractivity contribution in [3.63, 3.8) is 0 Å². The topological polar surface area (TPSA) is 36.8 Å². The maximum Gasteiger partial charge on any atom is 0.0657 e. The minimum atomic E-state index is 0.786. The zero-order chi connectivity index (χ0) is 11.9. The Bertz CT molecular complexity index is 500. The van der Waals surface area contributed by atoms with Crippen molar-refractivity contribution in [3.05, 3.63) is 42.5 Å². The smallest absolute Gasteiger partial charge is 0.0657 e. The van der Waals surface area contributed by atoms with Gasteiger partial charge in [-0.25, -0.2) is 0 Å². The molecule has 0 saturated heterocycles. The van der Waals surface area contributed by atoms with E-state index < -0.39 is 0 Å². The third-order valence-corrected chi connectivity index (χ3v) is 2.64. The van der Waals surface area contributed by atoms with Crippen molar-refractivity contribution in [1.29, 1.82) is 0 Å².